The molecular formula is C31H34N6O3. The van der Waals surface area contributed by atoms with Crippen molar-refractivity contribution >= 4 is 5.71 Å². The van der Waals surface area contributed by atoms with Crippen LogP contribution in [0.1, 0.15) is 17.5 Å². The summed E-state index contributed by atoms with van der Waals surface area (Å²) in [6, 6.07) is 16.1. The molecule has 2 N–H and O–H groups in total. The summed E-state index contributed by atoms with van der Waals surface area (Å²) in [4.78, 5) is 17.6. The fraction of sp³-hybridized carbons (Fsp3) is 0.323. The minimum Gasteiger partial charge on any atom is -0.493 e. The minimum absolute atomic E-state index is 0.609. The maximum atomic E-state index is 9.34. The van der Waals surface area contributed by atoms with Crippen molar-refractivity contribution < 1.29 is 14.7 Å². The number of ether oxygens (including phenoxy) is 2. The Balaban J connectivity index is 1.28. The molecule has 0 amide bonds. The number of aryl methyl sites for hydroxylation is 1. The van der Waals surface area contributed by atoms with Crippen molar-refractivity contribution in [2.75, 3.05) is 53.5 Å². The molecule has 1 saturated heterocycles. The Morgan fingerprint density at radius 2 is 1.73 bits per heavy atom. The van der Waals surface area contributed by atoms with Gasteiger partial charge in [0.25, 0.3) is 0 Å². The van der Waals surface area contributed by atoms with Crippen molar-refractivity contribution in [1.29, 1.82) is 0 Å². The largest absolute Gasteiger partial charge is 0.493 e. The van der Waals surface area contributed by atoms with E-state index in [1.807, 2.05) is 42.5 Å². The number of methoxy groups -OCH3 is 1. The Morgan fingerprint density at radius 3 is 2.50 bits per heavy atom. The molecule has 6 rings (SSSR count). The third kappa shape index (κ3) is 5.30. The summed E-state index contributed by atoms with van der Waals surface area (Å²) in [6.07, 6.45) is 5.15. The molecule has 4 aromatic rings. The third-order valence-corrected chi connectivity index (χ3v) is 7.81. The van der Waals surface area contributed by atoms with Crippen LogP contribution < -0.4 is 9.47 Å². The number of hydrogen-bond donors (Lipinski definition) is 2. The number of likely N-dealkylation sites (N-methyl/N-ethyl adjacent to an activating group) is 1. The molecular weight excluding hydrogens is 504 g/mol. The number of piperazine rings is 1. The fourth-order valence-electron chi connectivity index (χ4n) is 5.46. The number of aromatic nitrogens is 3. The highest BCUT2D eigenvalue weighted by atomic mass is 16.5. The standard InChI is InChI=1S/C31H34N6O3/c1-36-13-15-37(16-14-36)17-18-40-27-8-5-24(20-28(27)39-2)31-33-29(21-9-11-32-12-10-21)30(34-31)23-3-6-25-22(19-23)4-7-26(25)35-38/h3,5-6,8-12,19-20,38H,4,7,13-18H2,1-2H3,(H,33,34)/b35-26+. The first kappa shape index (κ1) is 26.0. The maximum absolute atomic E-state index is 9.34. The summed E-state index contributed by atoms with van der Waals surface area (Å²) < 4.78 is 11.8. The first-order chi connectivity index (χ1) is 19.6. The summed E-state index contributed by atoms with van der Waals surface area (Å²) >= 11 is 0. The lowest BCUT2D eigenvalue weighted by atomic mass is 10.0. The summed E-state index contributed by atoms with van der Waals surface area (Å²) in [7, 11) is 3.83. The highest BCUT2D eigenvalue weighted by molar-refractivity contribution is 6.04. The van der Waals surface area contributed by atoms with Gasteiger partial charge in [-0.2, -0.15) is 0 Å². The predicted molar refractivity (Wildman–Crippen MR) is 155 cm³/mol. The van der Waals surface area contributed by atoms with Gasteiger partial charge in [0.05, 0.1) is 24.2 Å². The van der Waals surface area contributed by atoms with Crippen molar-refractivity contribution in [3.63, 3.8) is 0 Å². The molecule has 0 unspecified atom stereocenters. The van der Waals surface area contributed by atoms with E-state index in [2.05, 4.69) is 38.0 Å². The number of H-pyrrole nitrogens is 1. The van der Waals surface area contributed by atoms with Gasteiger partial charge >= 0.3 is 0 Å². The third-order valence-electron chi connectivity index (χ3n) is 7.81. The topological polar surface area (TPSA) is 99.1 Å². The second kappa shape index (κ2) is 11.5. The van der Waals surface area contributed by atoms with Gasteiger partial charge in [0.2, 0.25) is 0 Å². The van der Waals surface area contributed by atoms with E-state index in [-0.39, 0.29) is 0 Å². The van der Waals surface area contributed by atoms with E-state index in [1.54, 1.807) is 19.5 Å². The predicted octanol–water partition coefficient (Wildman–Crippen LogP) is 4.57. The van der Waals surface area contributed by atoms with Crippen LogP contribution in [-0.2, 0) is 6.42 Å². The first-order valence-electron chi connectivity index (χ1n) is 13.7. The van der Waals surface area contributed by atoms with Gasteiger partial charge < -0.3 is 24.6 Å². The molecule has 40 heavy (non-hydrogen) atoms. The normalized spacial score (nSPS) is 16.8. The van der Waals surface area contributed by atoms with Gasteiger partial charge in [0.1, 0.15) is 12.4 Å². The zero-order valence-electron chi connectivity index (χ0n) is 22.9. The molecule has 9 nitrogen and oxygen atoms in total. The number of oxime groups is 1. The molecule has 0 radical (unpaired) electrons. The van der Waals surface area contributed by atoms with E-state index in [0.717, 1.165) is 102 Å². The summed E-state index contributed by atoms with van der Waals surface area (Å²) in [5.41, 5.74) is 7.57. The summed E-state index contributed by atoms with van der Waals surface area (Å²) in [5.74, 6) is 2.14. The summed E-state index contributed by atoms with van der Waals surface area (Å²) in [6.45, 7) is 5.82. The van der Waals surface area contributed by atoms with Crippen LogP contribution in [0.4, 0.5) is 0 Å². The van der Waals surface area contributed by atoms with Crippen LogP contribution in [0.2, 0.25) is 0 Å². The van der Waals surface area contributed by atoms with Gasteiger partial charge in [-0.1, -0.05) is 17.3 Å². The average molecular weight is 539 g/mol. The molecule has 1 aliphatic heterocycles. The van der Waals surface area contributed by atoms with Gasteiger partial charge in [-0.05, 0) is 61.9 Å². The Morgan fingerprint density at radius 1 is 0.925 bits per heavy atom. The maximum Gasteiger partial charge on any atom is 0.161 e. The highest BCUT2D eigenvalue weighted by Crippen LogP contribution is 2.37. The molecule has 0 bridgehead atoms. The second-order valence-corrected chi connectivity index (χ2v) is 10.3. The number of hydrogen-bond acceptors (Lipinski definition) is 8. The van der Waals surface area contributed by atoms with E-state index >= 15 is 0 Å². The van der Waals surface area contributed by atoms with Gasteiger partial charge in [0, 0.05) is 67.4 Å². The number of nitrogens with zero attached hydrogens (tertiary/aromatic N) is 5. The van der Waals surface area contributed by atoms with Crippen LogP contribution in [0, 0.1) is 0 Å². The van der Waals surface area contributed by atoms with Crippen molar-refractivity contribution in [2.24, 2.45) is 5.16 Å². The average Bonchev–Trinajstić information content (AvgIpc) is 3.63. The Bertz CT molecular complexity index is 1510. The Labute approximate surface area is 234 Å². The molecule has 0 spiro atoms. The SMILES string of the molecule is COc1cc(-c2nc(-c3ccc4c(c3)CC/C4=N\O)c(-c3ccncc3)[nH]2)ccc1OCCN1CCN(C)CC1. The smallest absolute Gasteiger partial charge is 0.161 e. The number of benzene rings is 2. The van der Waals surface area contributed by atoms with E-state index in [4.69, 9.17) is 14.5 Å². The molecule has 0 saturated carbocycles. The van der Waals surface area contributed by atoms with E-state index in [0.29, 0.717) is 12.4 Å². The zero-order chi connectivity index (χ0) is 27.5. The molecule has 3 heterocycles. The van der Waals surface area contributed by atoms with Gasteiger partial charge in [-0.15, -0.1) is 0 Å². The first-order valence-corrected chi connectivity index (χ1v) is 13.7. The second-order valence-electron chi connectivity index (χ2n) is 10.3. The molecule has 206 valence electrons. The van der Waals surface area contributed by atoms with E-state index in [9.17, 15) is 5.21 Å². The van der Waals surface area contributed by atoms with Crippen LogP contribution in [0.15, 0.2) is 66.1 Å². The van der Waals surface area contributed by atoms with E-state index in [1.165, 1.54) is 0 Å². The zero-order valence-corrected chi connectivity index (χ0v) is 22.9. The molecule has 2 aliphatic rings. The lowest BCUT2D eigenvalue weighted by Crippen LogP contribution is -2.45. The van der Waals surface area contributed by atoms with Gasteiger partial charge in [-0.3, -0.25) is 9.88 Å². The van der Waals surface area contributed by atoms with E-state index < -0.39 is 0 Å². The van der Waals surface area contributed by atoms with Crippen molar-refractivity contribution in [3.05, 3.63) is 72.1 Å². The molecule has 9 heteroatoms. The number of fused-ring (bicyclic) bond motifs is 1. The summed E-state index contributed by atoms with van der Waals surface area (Å²) in [5, 5.41) is 12.8. The van der Waals surface area contributed by atoms with Gasteiger partial charge in [-0.25, -0.2) is 4.98 Å². The van der Waals surface area contributed by atoms with Crippen molar-refractivity contribution in [2.45, 2.75) is 12.8 Å². The number of aromatic amines is 1. The number of rotatable bonds is 8. The lowest BCUT2D eigenvalue weighted by molar-refractivity contribution is 0.133. The quantitative estimate of drug-likeness (QED) is 0.251. The number of nitrogens with one attached hydrogen (secondary N) is 1. The number of pyridine rings is 1. The molecule has 2 aromatic carbocycles. The molecule has 1 fully saturated rings. The molecule has 1 aliphatic carbocycles. The lowest BCUT2D eigenvalue weighted by Gasteiger charge is -2.32. The van der Waals surface area contributed by atoms with Crippen molar-refractivity contribution in [1.82, 2.24) is 24.8 Å². The Hall–Kier alpha value is -4.21. The number of imidazole rings is 1. The van der Waals surface area contributed by atoms with Crippen LogP contribution in [0.5, 0.6) is 11.5 Å². The van der Waals surface area contributed by atoms with Crippen molar-refractivity contribution in [3.8, 4) is 45.4 Å². The van der Waals surface area contributed by atoms with Crippen LogP contribution in [0.3, 0.4) is 0 Å². The van der Waals surface area contributed by atoms with Gasteiger partial charge in [0.15, 0.2) is 11.5 Å². The molecule has 2 aromatic heterocycles. The monoisotopic (exact) mass is 538 g/mol. The molecule has 0 atom stereocenters. The highest BCUT2D eigenvalue weighted by Gasteiger charge is 2.22. The minimum atomic E-state index is 0.609. The van der Waals surface area contributed by atoms with Crippen LogP contribution in [-0.4, -0.2) is 89.2 Å². The van der Waals surface area contributed by atoms with Crippen LogP contribution in [0.25, 0.3) is 33.9 Å². The fourth-order valence-corrected chi connectivity index (χ4v) is 5.46. The van der Waals surface area contributed by atoms with Crippen LogP contribution >= 0.6 is 0 Å². The Kier molecular flexibility index (Phi) is 7.48.